The molecule has 1 aliphatic rings. The van der Waals surface area contributed by atoms with Crippen LogP contribution >= 0.6 is 0 Å². The Morgan fingerprint density at radius 1 is 1.15 bits per heavy atom. The van der Waals surface area contributed by atoms with Gasteiger partial charge in [-0.25, -0.2) is 4.98 Å². The van der Waals surface area contributed by atoms with Crippen molar-refractivity contribution < 1.29 is 0 Å². The van der Waals surface area contributed by atoms with Gasteiger partial charge in [0.1, 0.15) is 5.82 Å². The maximum atomic E-state index is 7.55. The third-order valence-corrected chi connectivity index (χ3v) is 4.28. The molecule has 0 unspecified atom stereocenters. The average Bonchev–Trinajstić information content (AvgIpc) is 3.10. The molecule has 2 aromatic carbocycles. The summed E-state index contributed by atoms with van der Waals surface area (Å²) in [7, 11) is 0. The van der Waals surface area contributed by atoms with Gasteiger partial charge in [-0.3, -0.25) is 0 Å². The Kier molecular flexibility index (Phi) is 4.10. The standard InChI is InChI=1S/C19H19N7/c20-11-14-15(21)2-1-3-16(14)25-18-7-9-23-19(26-18)24-13-5-4-12-6-8-22-17(12)10-13/h1-5,7,9-11,20,22H,6,8,21H2,(H2,23,24,25,26). The minimum absolute atomic E-state index is 0.494. The van der Waals surface area contributed by atoms with Crippen LogP contribution in [0, 0.1) is 5.41 Å². The lowest BCUT2D eigenvalue weighted by Crippen LogP contribution is -2.03. The number of anilines is 6. The number of hydrogen-bond donors (Lipinski definition) is 5. The van der Waals surface area contributed by atoms with Crippen molar-refractivity contribution in [1.29, 1.82) is 5.41 Å². The molecule has 4 rings (SSSR count). The van der Waals surface area contributed by atoms with Crippen molar-refractivity contribution in [2.45, 2.75) is 6.42 Å². The van der Waals surface area contributed by atoms with E-state index in [4.69, 9.17) is 11.1 Å². The van der Waals surface area contributed by atoms with Crippen LogP contribution in [0.1, 0.15) is 11.1 Å². The smallest absolute Gasteiger partial charge is 0.229 e. The lowest BCUT2D eigenvalue weighted by molar-refractivity contribution is 1.11. The predicted octanol–water partition coefficient (Wildman–Crippen LogP) is 3.51. The Morgan fingerprint density at radius 3 is 2.96 bits per heavy atom. The van der Waals surface area contributed by atoms with Gasteiger partial charge in [-0.15, -0.1) is 0 Å². The Balaban J connectivity index is 1.56. The number of hydrogen-bond acceptors (Lipinski definition) is 7. The molecule has 0 spiro atoms. The molecule has 130 valence electrons. The highest BCUT2D eigenvalue weighted by Gasteiger charge is 2.11. The van der Waals surface area contributed by atoms with E-state index in [2.05, 4.69) is 38.1 Å². The molecule has 7 nitrogen and oxygen atoms in total. The molecule has 0 saturated heterocycles. The SMILES string of the molecule is N=Cc1c(N)cccc1Nc1ccnc(Nc2ccc3c(c2)NCC3)n1. The maximum Gasteiger partial charge on any atom is 0.229 e. The number of nitrogens with zero attached hydrogens (tertiary/aromatic N) is 2. The van der Waals surface area contributed by atoms with E-state index in [9.17, 15) is 0 Å². The second-order valence-corrected chi connectivity index (χ2v) is 6.02. The quantitative estimate of drug-likeness (QED) is 0.357. The molecule has 1 aromatic heterocycles. The van der Waals surface area contributed by atoms with E-state index in [0.717, 1.165) is 30.0 Å². The van der Waals surface area contributed by atoms with Gasteiger partial charge in [0, 0.05) is 41.6 Å². The molecule has 0 fully saturated rings. The molecule has 0 aliphatic carbocycles. The van der Waals surface area contributed by atoms with Crippen molar-refractivity contribution in [3.05, 3.63) is 59.8 Å². The summed E-state index contributed by atoms with van der Waals surface area (Å²) in [5.41, 5.74) is 11.2. The van der Waals surface area contributed by atoms with Crippen LogP contribution in [0.4, 0.5) is 34.5 Å². The topological polar surface area (TPSA) is 112 Å². The van der Waals surface area contributed by atoms with E-state index >= 15 is 0 Å². The van der Waals surface area contributed by atoms with E-state index in [-0.39, 0.29) is 0 Å². The summed E-state index contributed by atoms with van der Waals surface area (Å²) < 4.78 is 0. The molecule has 7 heteroatoms. The third kappa shape index (κ3) is 3.14. The first-order valence-electron chi connectivity index (χ1n) is 8.36. The molecule has 0 amide bonds. The van der Waals surface area contributed by atoms with Gasteiger partial charge in [0.15, 0.2) is 0 Å². The van der Waals surface area contributed by atoms with Crippen molar-refractivity contribution in [2.75, 3.05) is 28.2 Å². The number of benzene rings is 2. The van der Waals surface area contributed by atoms with Gasteiger partial charge >= 0.3 is 0 Å². The monoisotopic (exact) mass is 345 g/mol. The van der Waals surface area contributed by atoms with Crippen molar-refractivity contribution in [3.63, 3.8) is 0 Å². The van der Waals surface area contributed by atoms with E-state index in [1.807, 2.05) is 18.2 Å². The van der Waals surface area contributed by atoms with E-state index in [0.29, 0.717) is 23.0 Å². The van der Waals surface area contributed by atoms with Gasteiger partial charge in [0.2, 0.25) is 5.95 Å². The van der Waals surface area contributed by atoms with Gasteiger partial charge in [0.05, 0.1) is 5.69 Å². The van der Waals surface area contributed by atoms with Crippen molar-refractivity contribution >= 4 is 40.7 Å². The molecular weight excluding hydrogens is 326 g/mol. The predicted molar refractivity (Wildman–Crippen MR) is 106 cm³/mol. The number of aromatic nitrogens is 2. The summed E-state index contributed by atoms with van der Waals surface area (Å²) >= 11 is 0. The largest absolute Gasteiger partial charge is 0.398 e. The lowest BCUT2D eigenvalue weighted by Gasteiger charge is -2.12. The molecule has 0 bridgehead atoms. The molecule has 0 atom stereocenters. The number of nitrogens with one attached hydrogen (secondary N) is 4. The summed E-state index contributed by atoms with van der Waals surface area (Å²) in [6, 6.07) is 13.4. The average molecular weight is 345 g/mol. The van der Waals surface area contributed by atoms with Crippen LogP contribution in [0.25, 0.3) is 0 Å². The summed E-state index contributed by atoms with van der Waals surface area (Å²) in [5.74, 6) is 1.11. The van der Waals surface area contributed by atoms with Gasteiger partial charge in [0.25, 0.3) is 0 Å². The minimum atomic E-state index is 0.494. The molecule has 2 heterocycles. The molecule has 6 N–H and O–H groups in total. The molecule has 26 heavy (non-hydrogen) atoms. The van der Waals surface area contributed by atoms with Crippen molar-refractivity contribution in [1.82, 2.24) is 9.97 Å². The fraction of sp³-hybridized carbons (Fsp3) is 0.105. The maximum absolute atomic E-state index is 7.55. The number of rotatable bonds is 5. The molecular formula is C19H19N7. The van der Waals surface area contributed by atoms with Crippen LogP contribution in [-0.4, -0.2) is 22.7 Å². The Morgan fingerprint density at radius 2 is 2.08 bits per heavy atom. The summed E-state index contributed by atoms with van der Waals surface area (Å²) in [6.07, 6.45) is 3.97. The highest BCUT2D eigenvalue weighted by atomic mass is 15.1. The van der Waals surface area contributed by atoms with E-state index < -0.39 is 0 Å². The van der Waals surface area contributed by atoms with Crippen LogP contribution in [0.2, 0.25) is 0 Å². The van der Waals surface area contributed by atoms with Gasteiger partial charge in [-0.05, 0) is 42.3 Å². The fourth-order valence-corrected chi connectivity index (χ4v) is 2.98. The van der Waals surface area contributed by atoms with E-state index in [1.165, 1.54) is 11.8 Å². The number of fused-ring (bicyclic) bond motifs is 1. The first kappa shape index (κ1) is 15.9. The Bertz CT molecular complexity index is 968. The van der Waals surface area contributed by atoms with Crippen LogP contribution in [0.3, 0.4) is 0 Å². The Labute approximate surface area is 151 Å². The second-order valence-electron chi connectivity index (χ2n) is 6.02. The summed E-state index contributed by atoms with van der Waals surface area (Å²) in [4.78, 5) is 8.77. The number of nitrogens with two attached hydrogens (primary N) is 1. The van der Waals surface area contributed by atoms with Crippen molar-refractivity contribution in [3.8, 4) is 0 Å². The van der Waals surface area contributed by atoms with Gasteiger partial charge in [-0.1, -0.05) is 12.1 Å². The molecule has 0 saturated carbocycles. The number of nitrogen functional groups attached to an aromatic ring is 1. The van der Waals surface area contributed by atoms with Gasteiger partial charge in [-0.2, -0.15) is 4.98 Å². The highest BCUT2D eigenvalue weighted by Crippen LogP contribution is 2.27. The Hall–Kier alpha value is -3.61. The highest BCUT2D eigenvalue weighted by molar-refractivity contribution is 5.93. The lowest BCUT2D eigenvalue weighted by atomic mass is 10.1. The summed E-state index contributed by atoms with van der Waals surface area (Å²) in [6.45, 7) is 0.976. The third-order valence-electron chi connectivity index (χ3n) is 4.28. The first-order valence-corrected chi connectivity index (χ1v) is 8.36. The van der Waals surface area contributed by atoms with E-state index in [1.54, 1.807) is 18.3 Å². The fourth-order valence-electron chi connectivity index (χ4n) is 2.98. The minimum Gasteiger partial charge on any atom is -0.398 e. The molecule has 0 radical (unpaired) electrons. The zero-order valence-corrected chi connectivity index (χ0v) is 14.1. The van der Waals surface area contributed by atoms with Crippen LogP contribution < -0.4 is 21.7 Å². The van der Waals surface area contributed by atoms with Crippen molar-refractivity contribution in [2.24, 2.45) is 0 Å². The van der Waals surface area contributed by atoms with Crippen LogP contribution in [0.15, 0.2) is 48.7 Å². The first-order chi connectivity index (χ1) is 12.7. The van der Waals surface area contributed by atoms with Crippen LogP contribution in [-0.2, 0) is 6.42 Å². The molecule has 3 aromatic rings. The zero-order valence-electron chi connectivity index (χ0n) is 14.1. The zero-order chi connectivity index (χ0) is 17.9. The molecule has 1 aliphatic heterocycles. The van der Waals surface area contributed by atoms with Gasteiger partial charge < -0.3 is 27.1 Å². The van der Waals surface area contributed by atoms with Crippen LogP contribution in [0.5, 0.6) is 0 Å². The normalized spacial score (nSPS) is 12.2. The summed E-state index contributed by atoms with van der Waals surface area (Å²) in [5, 5.41) is 17.3. The second kappa shape index (κ2) is 6.72.